The van der Waals surface area contributed by atoms with E-state index < -0.39 is 27.8 Å². The van der Waals surface area contributed by atoms with Gasteiger partial charge in [0.1, 0.15) is 0 Å². The van der Waals surface area contributed by atoms with E-state index in [0.29, 0.717) is 0 Å². The minimum absolute atomic E-state index is 0.0408. The van der Waals surface area contributed by atoms with Crippen LogP contribution in [0.5, 0.6) is 0 Å². The Morgan fingerprint density at radius 1 is 0.933 bits per heavy atom. The zero-order valence-electron chi connectivity index (χ0n) is 17.3. The maximum Gasteiger partial charge on any atom is 0.307 e. The summed E-state index contributed by atoms with van der Waals surface area (Å²) >= 11 is 0. The van der Waals surface area contributed by atoms with E-state index in [2.05, 4.69) is 0 Å². The highest BCUT2D eigenvalue weighted by molar-refractivity contribution is 7.89. The van der Waals surface area contributed by atoms with E-state index in [-0.39, 0.29) is 48.8 Å². The van der Waals surface area contributed by atoms with Gasteiger partial charge >= 0.3 is 5.97 Å². The molecule has 1 saturated heterocycles. The van der Waals surface area contributed by atoms with Crippen LogP contribution in [0.3, 0.4) is 0 Å². The van der Waals surface area contributed by atoms with Crippen molar-refractivity contribution in [1.82, 2.24) is 9.21 Å². The fourth-order valence-electron chi connectivity index (χ4n) is 5.05. The third kappa shape index (κ3) is 3.56. The Hall–Kier alpha value is -2.19. The van der Waals surface area contributed by atoms with Crippen molar-refractivity contribution < 1.29 is 23.1 Å². The molecule has 5 rings (SSSR count). The van der Waals surface area contributed by atoms with Crippen LogP contribution in [0.1, 0.15) is 24.0 Å². The number of carboxylic acid groups (broad SMARTS) is 1. The van der Waals surface area contributed by atoms with E-state index in [4.69, 9.17) is 0 Å². The largest absolute Gasteiger partial charge is 0.481 e. The van der Waals surface area contributed by atoms with Crippen LogP contribution in [-0.4, -0.2) is 60.8 Å². The van der Waals surface area contributed by atoms with Crippen molar-refractivity contribution in [3.63, 3.8) is 0 Å². The van der Waals surface area contributed by atoms with Gasteiger partial charge in [-0.25, -0.2) is 8.42 Å². The van der Waals surface area contributed by atoms with Gasteiger partial charge in [-0.1, -0.05) is 18.2 Å². The number of amides is 1. The van der Waals surface area contributed by atoms with Gasteiger partial charge < -0.3 is 10.0 Å². The number of carboxylic acids is 1. The summed E-state index contributed by atoms with van der Waals surface area (Å²) < 4.78 is 27.4. The first-order chi connectivity index (χ1) is 14.2. The second kappa shape index (κ2) is 7.81. The van der Waals surface area contributed by atoms with Crippen LogP contribution in [0, 0.1) is 37.5 Å². The number of hydrogen-bond donors (Lipinski definition) is 1. The topological polar surface area (TPSA) is 95.0 Å². The summed E-state index contributed by atoms with van der Waals surface area (Å²) in [6.45, 7) is 4.83. The Kier molecular flexibility index (Phi) is 5.48. The van der Waals surface area contributed by atoms with E-state index in [1.807, 2.05) is 26.0 Å². The van der Waals surface area contributed by atoms with E-state index in [9.17, 15) is 23.1 Å². The average molecular weight is 433 g/mol. The predicted molar refractivity (Wildman–Crippen MR) is 111 cm³/mol. The van der Waals surface area contributed by atoms with Crippen LogP contribution >= 0.6 is 0 Å². The Morgan fingerprint density at radius 3 is 2.07 bits per heavy atom. The molecule has 1 N–H and O–H groups in total. The molecule has 0 spiro atoms. The number of carbonyl (C=O) groups excluding carboxylic acids is 1. The number of aryl methyl sites for hydroxylation is 2. The third-order valence-electron chi connectivity index (χ3n) is 6.99. The highest BCUT2D eigenvalue weighted by Crippen LogP contribution is 2.45. The van der Waals surface area contributed by atoms with Crippen LogP contribution in [0.4, 0.5) is 0 Å². The molecule has 2 bridgehead atoms. The van der Waals surface area contributed by atoms with Gasteiger partial charge in [0.05, 0.1) is 16.7 Å². The number of allylic oxidation sites excluding steroid dienone is 2. The lowest BCUT2D eigenvalue weighted by molar-refractivity contribution is -0.157. The Morgan fingerprint density at radius 2 is 1.53 bits per heavy atom. The quantitative estimate of drug-likeness (QED) is 0.735. The number of fused-ring (bicyclic) bond motifs is 2. The van der Waals surface area contributed by atoms with Crippen molar-refractivity contribution in [2.75, 3.05) is 26.2 Å². The summed E-state index contributed by atoms with van der Waals surface area (Å²) in [6.07, 6.45) is 5.59. The first-order valence-electron chi connectivity index (χ1n) is 10.5. The number of aliphatic carboxylic acids is 1. The van der Waals surface area contributed by atoms with Crippen LogP contribution in [0.15, 0.2) is 35.2 Å². The minimum Gasteiger partial charge on any atom is -0.481 e. The summed E-state index contributed by atoms with van der Waals surface area (Å²) in [5, 5.41) is 9.70. The fraction of sp³-hybridized carbons (Fsp3) is 0.545. The van der Waals surface area contributed by atoms with E-state index in [0.717, 1.165) is 24.0 Å². The van der Waals surface area contributed by atoms with Crippen molar-refractivity contribution >= 4 is 21.9 Å². The van der Waals surface area contributed by atoms with Gasteiger partial charge in [-0.05, 0) is 61.8 Å². The van der Waals surface area contributed by atoms with Crippen molar-refractivity contribution in [3.05, 3.63) is 41.5 Å². The van der Waals surface area contributed by atoms with Gasteiger partial charge in [0.25, 0.3) is 0 Å². The van der Waals surface area contributed by atoms with Gasteiger partial charge in [0.2, 0.25) is 15.9 Å². The molecule has 1 saturated carbocycles. The van der Waals surface area contributed by atoms with Gasteiger partial charge in [0, 0.05) is 26.2 Å². The average Bonchev–Trinajstić information content (AvgIpc) is 2.75. The highest BCUT2D eigenvalue weighted by Gasteiger charge is 2.49. The van der Waals surface area contributed by atoms with Crippen molar-refractivity contribution in [3.8, 4) is 0 Å². The molecule has 8 heteroatoms. The van der Waals surface area contributed by atoms with Crippen LogP contribution < -0.4 is 0 Å². The SMILES string of the molecule is Cc1ccc(S(=O)(=O)N2CCN(C(=O)[C@@H]3[C@H](C(=O)O)[C@H]4C=C[C@H]3CC4)CC2)cc1C. The second-order valence-electron chi connectivity index (χ2n) is 8.66. The van der Waals surface area contributed by atoms with Gasteiger partial charge in [-0.15, -0.1) is 0 Å². The zero-order valence-corrected chi connectivity index (χ0v) is 18.1. The molecule has 4 aliphatic rings. The lowest BCUT2D eigenvalue weighted by Gasteiger charge is -2.45. The standard InChI is InChI=1S/C22H28N2O5S/c1-14-3-8-18(13-15(14)2)30(28,29)24-11-9-23(10-12-24)21(25)19-16-4-6-17(7-5-16)20(19)22(26)27/h3-4,6,8,13,16-17,19-20H,5,7,9-12H2,1-2H3,(H,26,27)/t16-,17-,19-,20+/m0/s1. The maximum absolute atomic E-state index is 13.2. The van der Waals surface area contributed by atoms with Crippen LogP contribution in [0.2, 0.25) is 0 Å². The summed E-state index contributed by atoms with van der Waals surface area (Å²) in [5.41, 5.74) is 1.96. The molecular formula is C22H28N2O5S. The zero-order chi connectivity index (χ0) is 21.6. The Balaban J connectivity index is 1.46. The summed E-state index contributed by atoms with van der Waals surface area (Å²) in [5.74, 6) is -2.42. The number of benzene rings is 1. The molecule has 3 aliphatic carbocycles. The van der Waals surface area contributed by atoms with Crippen molar-refractivity contribution in [2.45, 2.75) is 31.6 Å². The Bertz CT molecular complexity index is 995. The first kappa shape index (κ1) is 21.1. The van der Waals surface area contributed by atoms with E-state index in [1.165, 1.54) is 4.31 Å². The minimum atomic E-state index is -3.62. The van der Waals surface area contributed by atoms with E-state index in [1.54, 1.807) is 23.1 Å². The number of nitrogens with zero attached hydrogens (tertiary/aromatic N) is 2. The first-order valence-corrected chi connectivity index (χ1v) is 11.9. The monoisotopic (exact) mass is 432 g/mol. The van der Waals surface area contributed by atoms with Crippen LogP contribution in [0.25, 0.3) is 0 Å². The van der Waals surface area contributed by atoms with Crippen molar-refractivity contribution in [2.24, 2.45) is 23.7 Å². The smallest absolute Gasteiger partial charge is 0.307 e. The molecule has 7 nitrogen and oxygen atoms in total. The highest BCUT2D eigenvalue weighted by atomic mass is 32.2. The van der Waals surface area contributed by atoms with Gasteiger partial charge in [-0.3, -0.25) is 9.59 Å². The predicted octanol–water partition coefficient (Wildman–Crippen LogP) is 2.05. The lowest BCUT2D eigenvalue weighted by Crippen LogP contribution is -2.55. The molecule has 1 aromatic carbocycles. The van der Waals surface area contributed by atoms with Crippen molar-refractivity contribution in [1.29, 1.82) is 0 Å². The molecule has 0 aromatic heterocycles. The number of rotatable bonds is 4. The van der Waals surface area contributed by atoms with E-state index >= 15 is 0 Å². The summed E-state index contributed by atoms with van der Waals surface area (Å²) in [7, 11) is -3.62. The number of hydrogen-bond acceptors (Lipinski definition) is 4. The number of piperazine rings is 1. The third-order valence-corrected chi connectivity index (χ3v) is 8.88. The molecule has 0 radical (unpaired) electrons. The molecular weight excluding hydrogens is 404 g/mol. The number of carbonyl (C=O) groups is 2. The molecule has 1 amide bonds. The lowest BCUT2D eigenvalue weighted by atomic mass is 9.62. The fourth-order valence-corrected chi connectivity index (χ4v) is 6.56. The molecule has 1 aliphatic heterocycles. The molecule has 1 heterocycles. The summed E-state index contributed by atoms with van der Waals surface area (Å²) in [6, 6.07) is 5.11. The normalized spacial score (nSPS) is 29.2. The number of sulfonamides is 1. The second-order valence-corrected chi connectivity index (χ2v) is 10.6. The molecule has 2 fully saturated rings. The maximum atomic E-state index is 13.2. The van der Waals surface area contributed by atoms with Gasteiger partial charge in [-0.2, -0.15) is 4.31 Å². The molecule has 0 unspecified atom stereocenters. The Labute approximate surface area is 177 Å². The molecule has 162 valence electrons. The summed E-state index contributed by atoms with van der Waals surface area (Å²) in [4.78, 5) is 27.0. The molecule has 30 heavy (non-hydrogen) atoms. The molecule has 1 aromatic rings. The van der Waals surface area contributed by atoms with Crippen LogP contribution in [-0.2, 0) is 19.6 Å². The molecule has 4 atom stereocenters. The van der Waals surface area contributed by atoms with Gasteiger partial charge in [0.15, 0.2) is 0 Å².